The molecule has 0 saturated carbocycles. The lowest BCUT2D eigenvalue weighted by Crippen LogP contribution is -2.28. The standard InChI is InChI=1S/C17H18N2OS/c1-11-4-3-5-13-10-15(20-17(11)13)16(19-18)12-6-8-14(21-2)9-7-12/h3-10,16,19H,18H2,1-2H3. The fourth-order valence-corrected chi connectivity index (χ4v) is 2.92. The SMILES string of the molecule is CSc1ccc(C(NN)c2cc3cccc(C)c3o2)cc1. The van der Waals surface area contributed by atoms with Crippen molar-refractivity contribution in [2.75, 3.05) is 6.26 Å². The van der Waals surface area contributed by atoms with Crippen LogP contribution in [0.5, 0.6) is 0 Å². The monoisotopic (exact) mass is 298 g/mol. The van der Waals surface area contributed by atoms with Gasteiger partial charge >= 0.3 is 0 Å². The van der Waals surface area contributed by atoms with E-state index in [0.29, 0.717) is 0 Å². The molecule has 4 heteroatoms. The predicted octanol–water partition coefficient (Wildman–Crippen LogP) is 4.02. The van der Waals surface area contributed by atoms with Crippen LogP contribution in [0.25, 0.3) is 11.0 Å². The van der Waals surface area contributed by atoms with Crippen molar-refractivity contribution in [1.82, 2.24) is 5.43 Å². The fourth-order valence-electron chi connectivity index (χ4n) is 2.51. The van der Waals surface area contributed by atoms with Gasteiger partial charge in [-0.05, 0) is 42.5 Å². The van der Waals surface area contributed by atoms with Crippen LogP contribution in [-0.2, 0) is 0 Å². The van der Waals surface area contributed by atoms with Crippen LogP contribution >= 0.6 is 11.8 Å². The molecule has 108 valence electrons. The molecule has 0 saturated heterocycles. The molecule has 1 aromatic heterocycles. The van der Waals surface area contributed by atoms with E-state index in [2.05, 4.69) is 48.1 Å². The third-order valence-electron chi connectivity index (χ3n) is 3.66. The predicted molar refractivity (Wildman–Crippen MR) is 88.3 cm³/mol. The molecular weight excluding hydrogens is 280 g/mol. The Morgan fingerprint density at radius 1 is 1.14 bits per heavy atom. The third-order valence-corrected chi connectivity index (χ3v) is 4.40. The number of aryl methyl sites for hydroxylation is 1. The molecule has 21 heavy (non-hydrogen) atoms. The largest absolute Gasteiger partial charge is 0.459 e. The number of rotatable bonds is 4. The second-order valence-corrected chi connectivity index (χ2v) is 5.89. The summed E-state index contributed by atoms with van der Waals surface area (Å²) in [7, 11) is 0. The molecule has 0 aliphatic rings. The molecule has 1 unspecified atom stereocenters. The molecule has 0 aliphatic carbocycles. The molecule has 0 radical (unpaired) electrons. The van der Waals surface area contributed by atoms with E-state index in [9.17, 15) is 0 Å². The van der Waals surface area contributed by atoms with Crippen molar-refractivity contribution in [3.8, 4) is 0 Å². The highest BCUT2D eigenvalue weighted by Gasteiger charge is 2.17. The van der Waals surface area contributed by atoms with Gasteiger partial charge in [0.05, 0.1) is 0 Å². The van der Waals surface area contributed by atoms with Gasteiger partial charge in [0, 0.05) is 10.3 Å². The molecule has 0 aliphatic heterocycles. The summed E-state index contributed by atoms with van der Waals surface area (Å²) in [5.41, 5.74) is 6.00. The number of hydrogen-bond acceptors (Lipinski definition) is 4. The van der Waals surface area contributed by atoms with Crippen LogP contribution in [0.2, 0.25) is 0 Å². The quantitative estimate of drug-likeness (QED) is 0.434. The number of nitrogens with two attached hydrogens (primary N) is 1. The maximum Gasteiger partial charge on any atom is 0.137 e. The number of benzene rings is 2. The lowest BCUT2D eigenvalue weighted by Gasteiger charge is -2.14. The summed E-state index contributed by atoms with van der Waals surface area (Å²) in [6.45, 7) is 2.05. The van der Waals surface area contributed by atoms with Crippen LogP contribution < -0.4 is 11.3 Å². The topological polar surface area (TPSA) is 51.2 Å². The Balaban J connectivity index is 2.02. The van der Waals surface area contributed by atoms with Crippen molar-refractivity contribution in [3.05, 3.63) is 65.4 Å². The van der Waals surface area contributed by atoms with Crippen LogP contribution in [0.3, 0.4) is 0 Å². The van der Waals surface area contributed by atoms with Crippen LogP contribution in [0.15, 0.2) is 57.8 Å². The van der Waals surface area contributed by atoms with Crippen molar-refractivity contribution < 1.29 is 4.42 Å². The van der Waals surface area contributed by atoms with Crippen molar-refractivity contribution in [3.63, 3.8) is 0 Å². The average molecular weight is 298 g/mol. The van der Waals surface area contributed by atoms with E-state index in [4.69, 9.17) is 10.3 Å². The van der Waals surface area contributed by atoms with Gasteiger partial charge in [0.1, 0.15) is 17.4 Å². The molecule has 2 aromatic carbocycles. The van der Waals surface area contributed by atoms with Gasteiger partial charge in [0.25, 0.3) is 0 Å². The lowest BCUT2D eigenvalue weighted by atomic mass is 10.0. The van der Waals surface area contributed by atoms with Gasteiger partial charge in [0.15, 0.2) is 0 Å². The first-order chi connectivity index (χ1) is 10.2. The molecule has 3 N–H and O–H groups in total. The smallest absolute Gasteiger partial charge is 0.137 e. The number of para-hydroxylation sites is 1. The van der Waals surface area contributed by atoms with Crippen LogP contribution in [0.1, 0.15) is 22.9 Å². The van der Waals surface area contributed by atoms with E-state index >= 15 is 0 Å². The zero-order chi connectivity index (χ0) is 14.8. The second kappa shape index (κ2) is 5.93. The molecular formula is C17H18N2OS. The Bertz CT molecular complexity index is 749. The summed E-state index contributed by atoms with van der Waals surface area (Å²) in [5.74, 6) is 6.58. The molecule has 0 amide bonds. The first-order valence-corrected chi connectivity index (χ1v) is 8.04. The zero-order valence-corrected chi connectivity index (χ0v) is 12.9. The van der Waals surface area contributed by atoms with Crippen molar-refractivity contribution in [2.45, 2.75) is 17.9 Å². The van der Waals surface area contributed by atoms with Gasteiger partial charge < -0.3 is 4.42 Å². The molecule has 0 fully saturated rings. The van der Waals surface area contributed by atoms with Gasteiger partial charge in [-0.1, -0.05) is 30.3 Å². The van der Waals surface area contributed by atoms with Gasteiger partial charge in [0.2, 0.25) is 0 Å². The van der Waals surface area contributed by atoms with Crippen LogP contribution in [0, 0.1) is 6.92 Å². The highest BCUT2D eigenvalue weighted by molar-refractivity contribution is 7.98. The summed E-state index contributed by atoms with van der Waals surface area (Å²) >= 11 is 1.72. The molecule has 3 aromatic rings. The molecule has 1 atom stereocenters. The number of fused-ring (bicyclic) bond motifs is 1. The van der Waals surface area contributed by atoms with Crippen LogP contribution in [0.4, 0.5) is 0 Å². The van der Waals surface area contributed by atoms with E-state index in [1.165, 1.54) is 4.90 Å². The lowest BCUT2D eigenvalue weighted by molar-refractivity contribution is 0.476. The molecule has 1 heterocycles. The number of thioether (sulfide) groups is 1. The maximum atomic E-state index is 6.02. The first kappa shape index (κ1) is 14.2. The van der Waals surface area contributed by atoms with Gasteiger partial charge in [-0.3, -0.25) is 5.84 Å². The third kappa shape index (κ3) is 2.70. The van der Waals surface area contributed by atoms with E-state index < -0.39 is 0 Å². The zero-order valence-electron chi connectivity index (χ0n) is 12.1. The van der Waals surface area contributed by atoms with Crippen molar-refractivity contribution in [2.24, 2.45) is 5.84 Å². The normalized spacial score (nSPS) is 12.7. The average Bonchev–Trinajstić information content (AvgIpc) is 2.94. The summed E-state index contributed by atoms with van der Waals surface area (Å²) in [4.78, 5) is 1.23. The Morgan fingerprint density at radius 2 is 1.90 bits per heavy atom. The van der Waals surface area contributed by atoms with E-state index in [0.717, 1.165) is 27.9 Å². The Hall–Kier alpha value is -1.75. The number of hydrogen-bond donors (Lipinski definition) is 2. The number of furan rings is 1. The maximum absolute atomic E-state index is 6.02. The van der Waals surface area contributed by atoms with E-state index in [1.54, 1.807) is 11.8 Å². The molecule has 3 nitrogen and oxygen atoms in total. The number of hydrazine groups is 1. The van der Waals surface area contributed by atoms with Crippen molar-refractivity contribution >= 4 is 22.7 Å². The Morgan fingerprint density at radius 3 is 2.52 bits per heavy atom. The summed E-state index contributed by atoms with van der Waals surface area (Å²) < 4.78 is 6.02. The highest BCUT2D eigenvalue weighted by atomic mass is 32.2. The number of nitrogens with one attached hydrogen (secondary N) is 1. The Labute approximate surface area is 128 Å². The highest BCUT2D eigenvalue weighted by Crippen LogP contribution is 2.30. The van der Waals surface area contributed by atoms with Gasteiger partial charge in [-0.25, -0.2) is 5.43 Å². The molecule has 0 bridgehead atoms. The summed E-state index contributed by atoms with van der Waals surface area (Å²) in [5, 5.41) is 1.10. The van der Waals surface area contributed by atoms with E-state index in [1.807, 2.05) is 19.1 Å². The summed E-state index contributed by atoms with van der Waals surface area (Å²) in [6, 6.07) is 16.4. The van der Waals surface area contributed by atoms with E-state index in [-0.39, 0.29) is 6.04 Å². The van der Waals surface area contributed by atoms with Crippen LogP contribution in [-0.4, -0.2) is 6.26 Å². The minimum Gasteiger partial charge on any atom is -0.459 e. The Kier molecular flexibility index (Phi) is 4.01. The molecule has 3 rings (SSSR count). The first-order valence-electron chi connectivity index (χ1n) is 6.82. The minimum atomic E-state index is -0.146. The summed E-state index contributed by atoms with van der Waals surface area (Å²) in [6.07, 6.45) is 2.07. The second-order valence-electron chi connectivity index (χ2n) is 5.01. The van der Waals surface area contributed by atoms with Crippen molar-refractivity contribution in [1.29, 1.82) is 0 Å². The van der Waals surface area contributed by atoms with Gasteiger partial charge in [-0.15, -0.1) is 11.8 Å². The minimum absolute atomic E-state index is 0.146. The fraction of sp³-hybridized carbons (Fsp3) is 0.176. The van der Waals surface area contributed by atoms with Gasteiger partial charge in [-0.2, -0.15) is 0 Å². The molecule has 0 spiro atoms.